The molecular formula is C21H22FN7O2. The minimum absolute atomic E-state index is 0.0999. The molecule has 1 saturated heterocycles. The van der Waals surface area contributed by atoms with Gasteiger partial charge >= 0.3 is 0 Å². The molecule has 1 aromatic carbocycles. The molecular weight excluding hydrogens is 401 g/mol. The molecule has 1 amide bonds. The summed E-state index contributed by atoms with van der Waals surface area (Å²) in [5.41, 5.74) is 7.81. The fourth-order valence-corrected chi connectivity index (χ4v) is 4.19. The fraction of sp³-hybridized carbons (Fsp3) is 0.333. The minimum atomic E-state index is -0.643. The Morgan fingerprint density at radius 1 is 1.26 bits per heavy atom. The summed E-state index contributed by atoms with van der Waals surface area (Å²) in [5.74, 6) is -0.370. The highest BCUT2D eigenvalue weighted by molar-refractivity contribution is 5.92. The Kier molecular flexibility index (Phi) is 4.49. The summed E-state index contributed by atoms with van der Waals surface area (Å²) in [6.45, 7) is 5.50. The number of amides is 1. The number of hydrogen-bond acceptors (Lipinski definition) is 7. The summed E-state index contributed by atoms with van der Waals surface area (Å²) >= 11 is 0. The monoisotopic (exact) mass is 423 g/mol. The second-order valence-electron chi connectivity index (χ2n) is 7.72. The molecule has 4 heterocycles. The van der Waals surface area contributed by atoms with Crippen LogP contribution in [0.2, 0.25) is 0 Å². The van der Waals surface area contributed by atoms with Gasteiger partial charge in [-0.3, -0.25) is 4.79 Å². The maximum absolute atomic E-state index is 14.7. The Bertz CT molecular complexity index is 1220. The van der Waals surface area contributed by atoms with Gasteiger partial charge in [0.15, 0.2) is 12.1 Å². The number of carbonyl (C=O) groups is 1. The smallest absolute Gasteiger partial charge is 0.285 e. The first kappa shape index (κ1) is 19.3. The van der Waals surface area contributed by atoms with Crippen LogP contribution in [0, 0.1) is 5.82 Å². The lowest BCUT2D eigenvalue weighted by Gasteiger charge is -2.24. The van der Waals surface area contributed by atoms with Gasteiger partial charge in [0.25, 0.3) is 11.7 Å². The van der Waals surface area contributed by atoms with Crippen molar-refractivity contribution >= 4 is 23.1 Å². The number of anilines is 2. The van der Waals surface area contributed by atoms with Crippen LogP contribution >= 0.6 is 0 Å². The zero-order chi connectivity index (χ0) is 21.7. The summed E-state index contributed by atoms with van der Waals surface area (Å²) in [7, 11) is 0. The Balaban J connectivity index is 1.53. The van der Waals surface area contributed by atoms with Crippen molar-refractivity contribution < 1.29 is 13.9 Å². The number of carbonyl (C=O) groups excluding carboxylic acids is 1. The molecule has 5 rings (SSSR count). The standard InChI is InChI=1S/C21H22FN7O2/c1-12-18(19(23)30)31-13(2)29(12)14-5-6-17(22)16(9-14)20-25-21-24-10-15(11-28(21)26-20)27-7-3-4-8-27/h5-6,9-11,13H,3-4,7-8H2,1-2H3,(H2,23,30). The molecule has 2 N–H and O–H groups in total. The molecule has 3 aromatic rings. The van der Waals surface area contributed by atoms with Gasteiger partial charge in [0.1, 0.15) is 5.82 Å². The third kappa shape index (κ3) is 3.24. The highest BCUT2D eigenvalue weighted by Crippen LogP contribution is 2.34. The summed E-state index contributed by atoms with van der Waals surface area (Å²) in [4.78, 5) is 24.4. The van der Waals surface area contributed by atoms with Crippen molar-refractivity contribution in [3.63, 3.8) is 0 Å². The van der Waals surface area contributed by atoms with Crippen LogP contribution in [0.3, 0.4) is 0 Å². The first-order valence-electron chi connectivity index (χ1n) is 10.2. The van der Waals surface area contributed by atoms with E-state index >= 15 is 0 Å². The molecule has 2 aromatic heterocycles. The first-order chi connectivity index (χ1) is 14.9. The summed E-state index contributed by atoms with van der Waals surface area (Å²) in [5, 5.41) is 4.47. The van der Waals surface area contributed by atoms with E-state index in [0.717, 1.165) is 31.6 Å². The maximum Gasteiger partial charge on any atom is 0.285 e. The number of primary amides is 1. The molecule has 1 atom stereocenters. The molecule has 31 heavy (non-hydrogen) atoms. The zero-order valence-corrected chi connectivity index (χ0v) is 17.2. The molecule has 0 saturated carbocycles. The highest BCUT2D eigenvalue weighted by Gasteiger charge is 2.32. The van der Waals surface area contributed by atoms with E-state index in [1.54, 1.807) is 41.6 Å². The number of allylic oxidation sites excluding steroid dienone is 1. The number of fused-ring (bicyclic) bond motifs is 1. The molecule has 10 heteroatoms. The molecule has 0 radical (unpaired) electrons. The molecule has 0 aliphatic carbocycles. The predicted octanol–water partition coefficient (Wildman–Crippen LogP) is 2.43. The van der Waals surface area contributed by atoms with Crippen molar-refractivity contribution in [2.45, 2.75) is 32.9 Å². The maximum atomic E-state index is 14.7. The van der Waals surface area contributed by atoms with Crippen LogP contribution in [-0.4, -0.2) is 44.8 Å². The van der Waals surface area contributed by atoms with Crippen molar-refractivity contribution in [3.05, 3.63) is 47.9 Å². The van der Waals surface area contributed by atoms with Crippen LogP contribution in [0.15, 0.2) is 42.0 Å². The second-order valence-corrected chi connectivity index (χ2v) is 7.72. The van der Waals surface area contributed by atoms with Gasteiger partial charge in [0.2, 0.25) is 5.76 Å². The van der Waals surface area contributed by atoms with Crippen molar-refractivity contribution in [2.24, 2.45) is 5.73 Å². The molecule has 160 valence electrons. The van der Waals surface area contributed by atoms with Crippen LogP contribution in [0.4, 0.5) is 15.8 Å². The van der Waals surface area contributed by atoms with E-state index in [4.69, 9.17) is 10.5 Å². The molecule has 1 fully saturated rings. The Morgan fingerprint density at radius 2 is 2.03 bits per heavy atom. The van der Waals surface area contributed by atoms with E-state index in [-0.39, 0.29) is 17.1 Å². The topological polar surface area (TPSA) is 102 Å². The third-order valence-corrected chi connectivity index (χ3v) is 5.69. The first-order valence-corrected chi connectivity index (χ1v) is 10.2. The summed E-state index contributed by atoms with van der Waals surface area (Å²) in [6.07, 6.45) is 5.49. The molecule has 2 aliphatic heterocycles. The van der Waals surface area contributed by atoms with Gasteiger partial charge in [-0.25, -0.2) is 13.9 Å². The SMILES string of the molecule is CC1=C(C(N)=O)OC(C)N1c1ccc(F)c(-c2nc3ncc(N4CCCC4)cn3n2)c1. The van der Waals surface area contributed by atoms with Gasteiger partial charge in [0, 0.05) is 18.8 Å². The number of halogens is 1. The highest BCUT2D eigenvalue weighted by atomic mass is 19.1. The van der Waals surface area contributed by atoms with Crippen molar-refractivity contribution in [2.75, 3.05) is 22.9 Å². The molecule has 0 bridgehead atoms. The van der Waals surface area contributed by atoms with Gasteiger partial charge in [-0.15, -0.1) is 5.10 Å². The number of nitrogens with zero attached hydrogens (tertiary/aromatic N) is 6. The van der Waals surface area contributed by atoms with Gasteiger partial charge in [-0.1, -0.05) is 0 Å². The van der Waals surface area contributed by atoms with E-state index in [9.17, 15) is 9.18 Å². The van der Waals surface area contributed by atoms with E-state index in [1.165, 1.54) is 6.07 Å². The number of nitrogens with two attached hydrogens (primary N) is 1. The van der Waals surface area contributed by atoms with Crippen LogP contribution in [0.5, 0.6) is 0 Å². The lowest BCUT2D eigenvalue weighted by Crippen LogP contribution is -2.27. The van der Waals surface area contributed by atoms with Gasteiger partial charge in [-0.2, -0.15) is 4.98 Å². The van der Waals surface area contributed by atoms with Crippen LogP contribution in [0.1, 0.15) is 26.7 Å². The number of hydrogen-bond donors (Lipinski definition) is 1. The largest absolute Gasteiger partial charge is 0.463 e. The zero-order valence-electron chi connectivity index (χ0n) is 17.2. The Morgan fingerprint density at radius 3 is 2.74 bits per heavy atom. The number of rotatable bonds is 4. The summed E-state index contributed by atoms with van der Waals surface area (Å²) in [6, 6.07) is 4.60. The van der Waals surface area contributed by atoms with E-state index in [1.807, 2.05) is 6.20 Å². The number of ether oxygens (including phenoxy) is 1. The normalized spacial score (nSPS) is 18.9. The van der Waals surface area contributed by atoms with Crippen molar-refractivity contribution in [1.29, 1.82) is 0 Å². The van der Waals surface area contributed by atoms with E-state index < -0.39 is 18.0 Å². The summed E-state index contributed by atoms with van der Waals surface area (Å²) < 4.78 is 21.9. The molecule has 1 unspecified atom stereocenters. The average Bonchev–Trinajstić information content (AvgIpc) is 3.47. The quantitative estimate of drug-likeness (QED) is 0.688. The third-order valence-electron chi connectivity index (χ3n) is 5.69. The predicted molar refractivity (Wildman–Crippen MR) is 113 cm³/mol. The van der Waals surface area contributed by atoms with Crippen LogP contribution in [-0.2, 0) is 9.53 Å². The van der Waals surface area contributed by atoms with Gasteiger partial charge in [-0.05, 0) is 44.9 Å². The van der Waals surface area contributed by atoms with Crippen molar-refractivity contribution in [3.8, 4) is 11.4 Å². The number of aromatic nitrogens is 4. The lowest BCUT2D eigenvalue weighted by molar-refractivity contribution is -0.118. The second kappa shape index (κ2) is 7.22. The average molecular weight is 423 g/mol. The van der Waals surface area contributed by atoms with Gasteiger partial charge < -0.3 is 20.3 Å². The lowest BCUT2D eigenvalue weighted by atomic mass is 10.1. The number of benzene rings is 1. The van der Waals surface area contributed by atoms with Gasteiger partial charge in [0.05, 0.1) is 29.3 Å². The van der Waals surface area contributed by atoms with E-state index in [2.05, 4.69) is 20.0 Å². The fourth-order valence-electron chi connectivity index (χ4n) is 4.19. The molecule has 9 nitrogen and oxygen atoms in total. The van der Waals surface area contributed by atoms with E-state index in [0.29, 0.717) is 17.2 Å². The van der Waals surface area contributed by atoms with Crippen LogP contribution < -0.4 is 15.5 Å². The molecule has 2 aliphatic rings. The van der Waals surface area contributed by atoms with Crippen LogP contribution in [0.25, 0.3) is 17.2 Å². The Labute approximate surface area is 177 Å². The minimum Gasteiger partial charge on any atom is -0.463 e. The van der Waals surface area contributed by atoms with Crippen molar-refractivity contribution in [1.82, 2.24) is 19.6 Å². The Hall–Kier alpha value is -3.69. The molecule has 0 spiro atoms.